The van der Waals surface area contributed by atoms with Gasteiger partial charge in [0.25, 0.3) is 5.91 Å². The smallest absolute Gasteiger partial charge is 0.254 e. The number of benzene rings is 1. The number of fused-ring (bicyclic) bond motifs is 1. The Morgan fingerprint density at radius 3 is 2.90 bits per heavy atom. The van der Waals surface area contributed by atoms with Gasteiger partial charge in [-0.05, 0) is 31.4 Å². The molecule has 3 rings (SSSR count). The van der Waals surface area contributed by atoms with Crippen LogP contribution in [0.3, 0.4) is 0 Å². The molecule has 0 spiro atoms. The molecule has 0 radical (unpaired) electrons. The molecule has 1 amide bonds. The van der Waals surface area contributed by atoms with Crippen molar-refractivity contribution in [2.45, 2.75) is 25.6 Å². The number of alkyl halides is 1. The lowest BCUT2D eigenvalue weighted by Gasteiger charge is -2.34. The Morgan fingerprint density at radius 2 is 2.14 bits per heavy atom. The van der Waals surface area contributed by atoms with Crippen LogP contribution in [0, 0.1) is 12.8 Å². The van der Waals surface area contributed by atoms with Crippen molar-refractivity contribution in [2.75, 3.05) is 13.1 Å². The van der Waals surface area contributed by atoms with E-state index in [9.17, 15) is 4.79 Å². The SMILES string of the molecule is Cc1cc(C(=O)N2CCC(C)C(Cl)C2)c2ccccc2n1. The monoisotopic (exact) mass is 302 g/mol. The van der Waals surface area contributed by atoms with E-state index < -0.39 is 0 Å². The molecule has 1 aliphatic rings. The molecule has 0 saturated carbocycles. The first-order valence-electron chi connectivity index (χ1n) is 7.36. The number of carbonyl (C=O) groups is 1. The molecule has 2 aromatic rings. The largest absolute Gasteiger partial charge is 0.337 e. The van der Waals surface area contributed by atoms with Crippen molar-refractivity contribution < 1.29 is 4.79 Å². The molecule has 0 bridgehead atoms. The predicted octanol–water partition coefficient (Wildman–Crippen LogP) is 3.63. The van der Waals surface area contributed by atoms with Gasteiger partial charge in [0.1, 0.15) is 0 Å². The second-order valence-electron chi connectivity index (χ2n) is 5.86. The third-order valence-electron chi connectivity index (χ3n) is 4.23. The summed E-state index contributed by atoms with van der Waals surface area (Å²) < 4.78 is 0. The summed E-state index contributed by atoms with van der Waals surface area (Å²) in [5, 5.41) is 0.953. The van der Waals surface area contributed by atoms with E-state index in [1.54, 1.807) is 0 Å². The first-order chi connectivity index (χ1) is 10.1. The van der Waals surface area contributed by atoms with Gasteiger partial charge in [0, 0.05) is 24.2 Å². The average Bonchev–Trinajstić information content (AvgIpc) is 2.48. The van der Waals surface area contributed by atoms with Crippen molar-refractivity contribution in [2.24, 2.45) is 5.92 Å². The third kappa shape index (κ3) is 2.75. The number of nitrogens with zero attached hydrogens (tertiary/aromatic N) is 2. The minimum absolute atomic E-state index is 0.0388. The zero-order valence-electron chi connectivity index (χ0n) is 12.3. The first kappa shape index (κ1) is 14.3. The highest BCUT2D eigenvalue weighted by molar-refractivity contribution is 6.21. The molecule has 1 aromatic heterocycles. The molecule has 110 valence electrons. The quantitative estimate of drug-likeness (QED) is 0.754. The van der Waals surface area contributed by atoms with Crippen LogP contribution in [-0.4, -0.2) is 34.3 Å². The average molecular weight is 303 g/mol. The van der Waals surface area contributed by atoms with Crippen LogP contribution in [0.1, 0.15) is 29.4 Å². The van der Waals surface area contributed by atoms with Gasteiger partial charge in [-0.1, -0.05) is 25.1 Å². The van der Waals surface area contributed by atoms with Crippen LogP contribution in [-0.2, 0) is 0 Å². The number of aryl methyl sites for hydroxylation is 1. The number of likely N-dealkylation sites (tertiary alicyclic amines) is 1. The number of hydrogen-bond donors (Lipinski definition) is 0. The number of para-hydroxylation sites is 1. The van der Waals surface area contributed by atoms with Gasteiger partial charge in [-0.2, -0.15) is 0 Å². The summed E-state index contributed by atoms with van der Waals surface area (Å²) in [6.07, 6.45) is 0.960. The van der Waals surface area contributed by atoms with E-state index in [-0.39, 0.29) is 11.3 Å². The zero-order chi connectivity index (χ0) is 15.0. The van der Waals surface area contributed by atoms with Gasteiger partial charge >= 0.3 is 0 Å². The van der Waals surface area contributed by atoms with Gasteiger partial charge in [0.05, 0.1) is 16.5 Å². The highest BCUT2D eigenvalue weighted by Gasteiger charge is 2.28. The Morgan fingerprint density at radius 1 is 1.38 bits per heavy atom. The summed E-state index contributed by atoms with van der Waals surface area (Å²) in [4.78, 5) is 19.2. The van der Waals surface area contributed by atoms with Crippen LogP contribution in [0.25, 0.3) is 10.9 Å². The Hall–Kier alpha value is -1.61. The number of aromatic nitrogens is 1. The minimum atomic E-state index is 0.0388. The van der Waals surface area contributed by atoms with Crippen molar-refractivity contribution in [3.63, 3.8) is 0 Å². The van der Waals surface area contributed by atoms with Gasteiger partial charge < -0.3 is 4.90 Å². The molecule has 1 fully saturated rings. The summed E-state index contributed by atoms with van der Waals surface area (Å²) >= 11 is 6.34. The summed E-state index contributed by atoms with van der Waals surface area (Å²) in [6, 6.07) is 9.67. The molecular formula is C17H19ClN2O. The Labute approximate surface area is 129 Å². The highest BCUT2D eigenvalue weighted by atomic mass is 35.5. The van der Waals surface area contributed by atoms with Gasteiger partial charge in [0.2, 0.25) is 0 Å². The van der Waals surface area contributed by atoms with Gasteiger partial charge in [-0.15, -0.1) is 11.6 Å². The van der Waals surface area contributed by atoms with Crippen LogP contribution < -0.4 is 0 Å². The van der Waals surface area contributed by atoms with Gasteiger partial charge in [-0.25, -0.2) is 0 Å². The normalized spacial score (nSPS) is 22.5. The van der Waals surface area contributed by atoms with E-state index in [1.165, 1.54) is 0 Å². The summed E-state index contributed by atoms with van der Waals surface area (Å²) in [5.74, 6) is 0.529. The first-order valence-corrected chi connectivity index (χ1v) is 7.79. The minimum Gasteiger partial charge on any atom is -0.337 e. The van der Waals surface area contributed by atoms with Crippen LogP contribution in [0.5, 0.6) is 0 Å². The number of hydrogen-bond acceptors (Lipinski definition) is 2. The molecule has 1 saturated heterocycles. The molecule has 1 aromatic carbocycles. The summed E-state index contributed by atoms with van der Waals surface area (Å²) in [5.41, 5.74) is 2.47. The Kier molecular flexibility index (Phi) is 3.85. The van der Waals surface area contributed by atoms with Crippen molar-refractivity contribution in [1.29, 1.82) is 0 Å². The second kappa shape index (κ2) is 5.64. The maximum atomic E-state index is 12.9. The Balaban J connectivity index is 1.98. The molecule has 0 aliphatic carbocycles. The standard InChI is InChI=1S/C17H19ClN2O/c1-11-7-8-20(10-15(11)18)17(21)14-9-12(2)19-16-6-4-3-5-13(14)16/h3-6,9,11,15H,7-8,10H2,1-2H3. The number of piperidine rings is 1. The van der Waals surface area contributed by atoms with E-state index in [2.05, 4.69) is 11.9 Å². The molecule has 2 heterocycles. The molecule has 1 aliphatic heterocycles. The van der Waals surface area contributed by atoms with Gasteiger partial charge in [0.15, 0.2) is 0 Å². The van der Waals surface area contributed by atoms with E-state index in [0.717, 1.165) is 35.1 Å². The molecule has 3 nitrogen and oxygen atoms in total. The van der Waals surface area contributed by atoms with Crippen LogP contribution >= 0.6 is 11.6 Å². The second-order valence-corrected chi connectivity index (χ2v) is 6.42. The third-order valence-corrected chi connectivity index (χ3v) is 4.80. The van der Waals surface area contributed by atoms with Crippen LogP contribution in [0.4, 0.5) is 0 Å². The molecule has 0 N–H and O–H groups in total. The zero-order valence-corrected chi connectivity index (χ0v) is 13.1. The summed E-state index contributed by atoms with van der Waals surface area (Å²) in [7, 11) is 0. The van der Waals surface area contributed by atoms with Crippen molar-refractivity contribution in [1.82, 2.24) is 9.88 Å². The van der Waals surface area contributed by atoms with E-state index in [1.807, 2.05) is 42.2 Å². The fourth-order valence-electron chi connectivity index (χ4n) is 2.86. The summed E-state index contributed by atoms with van der Waals surface area (Å²) in [6.45, 7) is 5.47. The Bertz CT molecular complexity index is 686. The predicted molar refractivity (Wildman–Crippen MR) is 85.8 cm³/mol. The lowest BCUT2D eigenvalue weighted by atomic mass is 9.97. The fourth-order valence-corrected chi connectivity index (χ4v) is 3.15. The van der Waals surface area contributed by atoms with Crippen molar-refractivity contribution in [3.05, 3.63) is 41.6 Å². The van der Waals surface area contributed by atoms with E-state index >= 15 is 0 Å². The van der Waals surface area contributed by atoms with Crippen molar-refractivity contribution >= 4 is 28.4 Å². The topological polar surface area (TPSA) is 33.2 Å². The van der Waals surface area contributed by atoms with Gasteiger partial charge in [-0.3, -0.25) is 9.78 Å². The maximum Gasteiger partial charge on any atom is 0.254 e. The van der Waals surface area contributed by atoms with Crippen LogP contribution in [0.15, 0.2) is 30.3 Å². The van der Waals surface area contributed by atoms with E-state index in [4.69, 9.17) is 11.6 Å². The number of halogens is 1. The molecule has 21 heavy (non-hydrogen) atoms. The number of amides is 1. The molecular weight excluding hydrogens is 284 g/mol. The lowest BCUT2D eigenvalue weighted by Crippen LogP contribution is -2.43. The lowest BCUT2D eigenvalue weighted by molar-refractivity contribution is 0.0703. The molecule has 2 unspecified atom stereocenters. The number of rotatable bonds is 1. The fraction of sp³-hybridized carbons (Fsp3) is 0.412. The maximum absolute atomic E-state index is 12.9. The number of pyridine rings is 1. The van der Waals surface area contributed by atoms with Crippen molar-refractivity contribution in [3.8, 4) is 0 Å². The molecule has 4 heteroatoms. The van der Waals surface area contributed by atoms with E-state index in [0.29, 0.717) is 12.5 Å². The molecule has 2 atom stereocenters. The highest BCUT2D eigenvalue weighted by Crippen LogP contribution is 2.25. The van der Waals surface area contributed by atoms with Crippen LogP contribution in [0.2, 0.25) is 0 Å². The number of carbonyl (C=O) groups excluding carboxylic acids is 1.